The van der Waals surface area contributed by atoms with Crippen molar-refractivity contribution in [1.82, 2.24) is 14.7 Å². The quantitative estimate of drug-likeness (QED) is 0.522. The van der Waals surface area contributed by atoms with Crippen molar-refractivity contribution in [1.29, 1.82) is 0 Å². The van der Waals surface area contributed by atoms with Crippen LogP contribution in [0.25, 0.3) is 0 Å². The first-order valence-electron chi connectivity index (χ1n) is 12.0. The van der Waals surface area contributed by atoms with Crippen LogP contribution in [0.4, 0.5) is 0 Å². The van der Waals surface area contributed by atoms with Crippen LogP contribution in [-0.4, -0.2) is 105 Å². The third-order valence-corrected chi connectivity index (χ3v) is 5.98. The Bertz CT molecular complexity index is 919. The molecule has 1 atom stereocenters. The number of ether oxygens (including phenoxy) is 3. The zero-order valence-electron chi connectivity index (χ0n) is 21.4. The molecule has 0 radical (unpaired) electrons. The Morgan fingerprint density at radius 3 is 2.31 bits per heavy atom. The van der Waals surface area contributed by atoms with Gasteiger partial charge >= 0.3 is 0 Å². The lowest BCUT2D eigenvalue weighted by molar-refractivity contribution is -0.138. The molecule has 2 aromatic rings. The maximum Gasteiger partial charge on any atom is 0.248 e. The molecule has 8 heteroatoms. The Morgan fingerprint density at radius 2 is 1.66 bits per heavy atom. The molecular weight excluding hydrogens is 446 g/mol. The van der Waals surface area contributed by atoms with Gasteiger partial charge in [-0.1, -0.05) is 29.8 Å². The van der Waals surface area contributed by atoms with E-state index in [0.717, 1.165) is 23.4 Å². The number of hydrogen-bond donors (Lipinski definition) is 1. The lowest BCUT2D eigenvalue weighted by atomic mass is 10.0. The molecule has 0 spiro atoms. The average molecular weight is 486 g/mol. The molecule has 3 rings (SSSR count). The lowest BCUT2D eigenvalue weighted by Gasteiger charge is -2.33. The summed E-state index contributed by atoms with van der Waals surface area (Å²) in [6, 6.07) is 15.8. The molecule has 0 aromatic heterocycles. The summed E-state index contributed by atoms with van der Waals surface area (Å²) < 4.78 is 16.8. The van der Waals surface area contributed by atoms with Crippen LogP contribution < -0.4 is 9.47 Å². The Morgan fingerprint density at radius 1 is 1.00 bits per heavy atom. The fourth-order valence-corrected chi connectivity index (χ4v) is 4.04. The Hall–Kier alpha value is -2.65. The highest BCUT2D eigenvalue weighted by Crippen LogP contribution is 2.21. The Labute approximate surface area is 209 Å². The molecule has 0 saturated carbocycles. The Balaban J connectivity index is 1.66. The van der Waals surface area contributed by atoms with E-state index in [0.29, 0.717) is 38.5 Å². The number of carbonyl (C=O) groups excluding carboxylic acids is 1. The summed E-state index contributed by atoms with van der Waals surface area (Å²) in [4.78, 5) is 18.5. The van der Waals surface area contributed by atoms with E-state index in [2.05, 4.69) is 9.80 Å². The van der Waals surface area contributed by atoms with Crippen LogP contribution in [0.5, 0.6) is 11.5 Å². The van der Waals surface area contributed by atoms with Gasteiger partial charge < -0.3 is 29.1 Å². The summed E-state index contributed by atoms with van der Waals surface area (Å²) in [7, 11) is 5.54. The highest BCUT2D eigenvalue weighted by atomic mass is 16.5. The van der Waals surface area contributed by atoms with E-state index >= 15 is 0 Å². The largest absolute Gasteiger partial charge is 0.492 e. The smallest absolute Gasteiger partial charge is 0.248 e. The molecule has 1 heterocycles. The second-order valence-corrected chi connectivity index (χ2v) is 9.58. The van der Waals surface area contributed by atoms with Crippen LogP contribution in [0.2, 0.25) is 0 Å². The van der Waals surface area contributed by atoms with Crippen molar-refractivity contribution >= 4 is 5.91 Å². The molecule has 1 aliphatic heterocycles. The average Bonchev–Trinajstić information content (AvgIpc) is 2.99. The van der Waals surface area contributed by atoms with Crippen LogP contribution in [0, 0.1) is 6.92 Å². The predicted molar refractivity (Wildman–Crippen MR) is 136 cm³/mol. The van der Waals surface area contributed by atoms with E-state index in [-0.39, 0.29) is 25.7 Å². The highest BCUT2D eigenvalue weighted by Gasteiger charge is 2.37. The van der Waals surface area contributed by atoms with Crippen LogP contribution in [0.3, 0.4) is 0 Å². The first-order chi connectivity index (χ1) is 16.8. The van der Waals surface area contributed by atoms with Gasteiger partial charge in [0.05, 0.1) is 6.54 Å². The maximum absolute atomic E-state index is 12.6. The molecule has 1 N–H and O–H groups in total. The molecular formula is C27H39N3O5. The summed E-state index contributed by atoms with van der Waals surface area (Å²) in [5, 5.41) is 11.6. The molecule has 1 fully saturated rings. The number of hydrogen-bond acceptors (Lipinski definition) is 7. The van der Waals surface area contributed by atoms with E-state index in [1.807, 2.05) is 69.6 Å². The number of rotatable bonds is 11. The third kappa shape index (κ3) is 8.81. The van der Waals surface area contributed by atoms with Crippen molar-refractivity contribution in [2.24, 2.45) is 0 Å². The van der Waals surface area contributed by atoms with Crippen molar-refractivity contribution < 1.29 is 24.1 Å². The lowest BCUT2D eigenvalue weighted by Crippen LogP contribution is -2.52. The van der Waals surface area contributed by atoms with Gasteiger partial charge in [-0.05, 0) is 50.8 Å². The molecule has 192 valence electrons. The zero-order valence-corrected chi connectivity index (χ0v) is 21.4. The highest BCUT2D eigenvalue weighted by molar-refractivity contribution is 5.77. The fourth-order valence-electron chi connectivity index (χ4n) is 4.04. The normalized spacial score (nSPS) is 19.0. The van der Waals surface area contributed by atoms with Gasteiger partial charge in [-0.3, -0.25) is 9.69 Å². The zero-order chi connectivity index (χ0) is 25.3. The van der Waals surface area contributed by atoms with E-state index in [4.69, 9.17) is 14.2 Å². The minimum Gasteiger partial charge on any atom is -0.492 e. The van der Waals surface area contributed by atoms with Crippen molar-refractivity contribution in [3.8, 4) is 11.5 Å². The minimum atomic E-state index is -1.22. The number of likely N-dealkylation sites (N-methyl/N-ethyl adjacent to an activating group) is 1. The first-order valence-corrected chi connectivity index (χ1v) is 12.0. The number of benzene rings is 2. The molecule has 1 amide bonds. The summed E-state index contributed by atoms with van der Waals surface area (Å²) in [5.74, 6) is 1.40. The molecule has 2 aromatic carbocycles. The van der Waals surface area contributed by atoms with Gasteiger partial charge in [-0.15, -0.1) is 0 Å². The summed E-state index contributed by atoms with van der Waals surface area (Å²) >= 11 is 0. The number of β-amino-alcohol motifs (C(OH)–C–C–N with tert-alkyl or cyclic N) is 1. The number of aryl methyl sites for hydroxylation is 1. The molecule has 1 saturated heterocycles. The fraction of sp³-hybridized carbons (Fsp3) is 0.519. The van der Waals surface area contributed by atoms with Crippen molar-refractivity contribution in [2.75, 3.05) is 73.7 Å². The van der Waals surface area contributed by atoms with E-state index in [9.17, 15) is 9.90 Å². The third-order valence-electron chi connectivity index (χ3n) is 5.98. The van der Waals surface area contributed by atoms with Gasteiger partial charge in [0.15, 0.2) is 0 Å². The number of methoxy groups -OCH3 is 1. The van der Waals surface area contributed by atoms with Crippen molar-refractivity contribution in [2.45, 2.75) is 19.1 Å². The van der Waals surface area contributed by atoms with E-state index in [1.54, 1.807) is 4.90 Å². The number of carbonyl (C=O) groups is 1. The standard InChI is InChI=1S/C27H39N3O5/c1-22-5-9-25(10-6-22)35-21-27(32)19-29(13-14-30(20-27)26(31)18-33-4)17-23-7-11-24(12-8-23)34-16-15-28(2)3/h5-12,32H,13-21H2,1-4H3/t27-/m0/s1. The van der Waals surface area contributed by atoms with E-state index in [1.165, 1.54) is 7.11 Å². The summed E-state index contributed by atoms with van der Waals surface area (Å²) in [6.07, 6.45) is 0. The molecule has 0 unspecified atom stereocenters. The second kappa shape index (κ2) is 12.9. The Kier molecular flexibility index (Phi) is 9.92. The van der Waals surface area contributed by atoms with Crippen LogP contribution in [-0.2, 0) is 16.1 Å². The van der Waals surface area contributed by atoms with E-state index < -0.39 is 5.60 Å². The molecule has 0 aliphatic carbocycles. The van der Waals surface area contributed by atoms with Gasteiger partial charge in [0, 0.05) is 39.8 Å². The topological polar surface area (TPSA) is 74.7 Å². The molecule has 0 bridgehead atoms. The maximum atomic E-state index is 12.6. The van der Waals surface area contributed by atoms with Crippen LogP contribution >= 0.6 is 0 Å². The monoisotopic (exact) mass is 485 g/mol. The minimum absolute atomic E-state index is 0.00974. The summed E-state index contributed by atoms with van der Waals surface area (Å²) in [5.41, 5.74) is 1.03. The van der Waals surface area contributed by atoms with Crippen molar-refractivity contribution in [3.63, 3.8) is 0 Å². The first kappa shape index (κ1) is 26.9. The molecule has 1 aliphatic rings. The van der Waals surface area contributed by atoms with Crippen LogP contribution in [0.1, 0.15) is 11.1 Å². The van der Waals surface area contributed by atoms with Gasteiger partial charge in [0.1, 0.15) is 36.9 Å². The molecule has 35 heavy (non-hydrogen) atoms. The summed E-state index contributed by atoms with van der Waals surface area (Å²) in [6.45, 7) is 5.97. The number of nitrogens with zero attached hydrogens (tertiary/aromatic N) is 3. The van der Waals surface area contributed by atoms with Gasteiger partial charge in [0.2, 0.25) is 5.91 Å². The second-order valence-electron chi connectivity index (χ2n) is 9.58. The van der Waals surface area contributed by atoms with Gasteiger partial charge in [0.25, 0.3) is 0 Å². The predicted octanol–water partition coefficient (Wildman–Crippen LogP) is 2.04. The molecule has 8 nitrogen and oxygen atoms in total. The SMILES string of the molecule is COCC(=O)N1CCN(Cc2ccc(OCCN(C)C)cc2)C[C@@](O)(COc2ccc(C)cc2)C1. The van der Waals surface area contributed by atoms with Crippen molar-refractivity contribution in [3.05, 3.63) is 59.7 Å². The van der Waals surface area contributed by atoms with Gasteiger partial charge in [-0.2, -0.15) is 0 Å². The number of aliphatic hydroxyl groups is 1. The van der Waals surface area contributed by atoms with Crippen LogP contribution in [0.15, 0.2) is 48.5 Å². The number of amides is 1. The van der Waals surface area contributed by atoms with Gasteiger partial charge in [-0.25, -0.2) is 0 Å².